The molecular weight excluding hydrogens is 380 g/mol. The number of aliphatic hydroxyl groups excluding tert-OH is 2. The topological polar surface area (TPSA) is 139 Å². The molecule has 29 heavy (non-hydrogen) atoms. The summed E-state index contributed by atoms with van der Waals surface area (Å²) in [4.78, 5) is 34.2. The smallest absolute Gasteiger partial charge is 0.269 e. The minimum absolute atomic E-state index is 0.0399. The van der Waals surface area contributed by atoms with E-state index in [-0.39, 0.29) is 24.3 Å². The zero-order valence-electron chi connectivity index (χ0n) is 15.0. The number of ether oxygens (including phenoxy) is 1. The molecule has 1 fully saturated rings. The fraction of sp³-hybridized carbons (Fsp3) is 0.300. The molecule has 4 unspecified atom stereocenters. The summed E-state index contributed by atoms with van der Waals surface area (Å²) in [6.45, 7) is -0.375. The van der Waals surface area contributed by atoms with Crippen LogP contribution in [0.25, 0.3) is 0 Å². The van der Waals surface area contributed by atoms with E-state index in [1.807, 2.05) is 0 Å². The molecule has 0 aromatic heterocycles. The van der Waals surface area contributed by atoms with Gasteiger partial charge in [0.1, 0.15) is 6.10 Å². The molecular formula is C20H16N2O7. The molecule has 2 aliphatic heterocycles. The average molecular weight is 396 g/mol. The van der Waals surface area contributed by atoms with E-state index in [1.165, 1.54) is 30.3 Å². The molecule has 3 rings (SSSR count). The van der Waals surface area contributed by atoms with Crippen LogP contribution in [0.5, 0.6) is 0 Å². The van der Waals surface area contributed by atoms with Gasteiger partial charge >= 0.3 is 0 Å². The molecule has 2 amide bonds. The highest BCUT2D eigenvalue weighted by molar-refractivity contribution is 6.11. The summed E-state index contributed by atoms with van der Waals surface area (Å²) in [5.41, 5.74) is 0.505. The monoisotopic (exact) mass is 396 g/mol. The number of nitrogens with zero attached hydrogens (tertiary/aromatic N) is 1. The van der Waals surface area contributed by atoms with E-state index in [1.54, 1.807) is 0 Å². The summed E-state index contributed by atoms with van der Waals surface area (Å²) < 4.78 is 5.49. The summed E-state index contributed by atoms with van der Waals surface area (Å²) in [5, 5.41) is 31.8. The van der Waals surface area contributed by atoms with Gasteiger partial charge in [0.25, 0.3) is 11.6 Å². The first kappa shape index (κ1) is 20.2. The minimum atomic E-state index is -0.897. The molecule has 0 aliphatic carbocycles. The third-order valence-corrected chi connectivity index (χ3v) is 4.51. The second kappa shape index (κ2) is 8.67. The first-order valence-electron chi connectivity index (χ1n) is 8.67. The number of imide groups is 1. The first-order chi connectivity index (χ1) is 13.9. The lowest BCUT2D eigenvalue weighted by Crippen LogP contribution is -2.44. The van der Waals surface area contributed by atoms with Gasteiger partial charge in [0, 0.05) is 24.1 Å². The highest BCUT2D eigenvalue weighted by Gasteiger charge is 2.42. The molecule has 1 aromatic carbocycles. The Balaban J connectivity index is 1.74. The third kappa shape index (κ3) is 4.68. The van der Waals surface area contributed by atoms with Crippen LogP contribution in [-0.2, 0) is 14.3 Å². The number of nitrogens with one attached hydrogen (secondary N) is 1. The van der Waals surface area contributed by atoms with Crippen molar-refractivity contribution in [2.45, 2.75) is 24.7 Å². The first-order valence-corrected chi connectivity index (χ1v) is 8.67. The molecule has 2 heterocycles. The Morgan fingerprint density at radius 1 is 1.21 bits per heavy atom. The van der Waals surface area contributed by atoms with Crippen molar-refractivity contribution in [3.63, 3.8) is 0 Å². The molecule has 0 saturated carbocycles. The van der Waals surface area contributed by atoms with E-state index >= 15 is 0 Å². The van der Waals surface area contributed by atoms with E-state index in [9.17, 15) is 24.8 Å². The molecule has 9 heteroatoms. The van der Waals surface area contributed by atoms with Gasteiger partial charge in [-0.25, -0.2) is 0 Å². The van der Waals surface area contributed by atoms with Crippen molar-refractivity contribution in [3.05, 3.63) is 51.6 Å². The van der Waals surface area contributed by atoms with Crippen LogP contribution in [0.2, 0.25) is 0 Å². The Morgan fingerprint density at radius 3 is 2.52 bits per heavy atom. The van der Waals surface area contributed by atoms with Gasteiger partial charge in [0.2, 0.25) is 5.91 Å². The number of benzene rings is 1. The van der Waals surface area contributed by atoms with Gasteiger partial charge in [0.15, 0.2) is 0 Å². The minimum Gasteiger partial charge on any atom is -0.394 e. The number of rotatable bonds is 3. The zero-order valence-corrected chi connectivity index (χ0v) is 15.0. The molecule has 4 atom stereocenters. The lowest BCUT2D eigenvalue weighted by molar-refractivity contribution is -0.384. The Labute approximate surface area is 165 Å². The van der Waals surface area contributed by atoms with Crippen LogP contribution in [0.3, 0.4) is 0 Å². The zero-order chi connectivity index (χ0) is 21.0. The van der Waals surface area contributed by atoms with Crippen molar-refractivity contribution in [3.8, 4) is 23.7 Å². The third-order valence-electron chi connectivity index (χ3n) is 4.51. The lowest BCUT2D eigenvalue weighted by atomic mass is 9.92. The number of carbonyl (C=O) groups excluding carboxylic acids is 2. The van der Waals surface area contributed by atoms with Gasteiger partial charge in [0.05, 0.1) is 35.2 Å². The predicted molar refractivity (Wildman–Crippen MR) is 98.8 cm³/mol. The van der Waals surface area contributed by atoms with Crippen molar-refractivity contribution in [2.24, 2.45) is 5.92 Å². The van der Waals surface area contributed by atoms with Crippen molar-refractivity contribution >= 4 is 17.5 Å². The molecule has 3 N–H and O–H groups in total. The summed E-state index contributed by atoms with van der Waals surface area (Å²) in [5.74, 6) is 8.29. The van der Waals surface area contributed by atoms with Gasteiger partial charge < -0.3 is 14.9 Å². The van der Waals surface area contributed by atoms with Crippen LogP contribution >= 0.6 is 0 Å². The maximum atomic E-state index is 12.1. The van der Waals surface area contributed by atoms with Crippen LogP contribution < -0.4 is 5.32 Å². The van der Waals surface area contributed by atoms with Crippen molar-refractivity contribution in [1.82, 2.24) is 5.32 Å². The summed E-state index contributed by atoms with van der Waals surface area (Å²) in [7, 11) is 0. The second-order valence-corrected chi connectivity index (χ2v) is 6.43. The Morgan fingerprint density at radius 2 is 1.90 bits per heavy atom. The molecule has 2 aliphatic rings. The van der Waals surface area contributed by atoms with Crippen LogP contribution in [0.15, 0.2) is 35.9 Å². The quantitative estimate of drug-likeness (QED) is 0.275. The summed E-state index contributed by atoms with van der Waals surface area (Å²) >= 11 is 0. The van der Waals surface area contributed by atoms with Gasteiger partial charge in [-0.05, 0) is 36.0 Å². The summed E-state index contributed by atoms with van der Waals surface area (Å²) in [6, 6.07) is 5.60. The average Bonchev–Trinajstić information content (AvgIpc) is 3.07. The van der Waals surface area contributed by atoms with Crippen LogP contribution in [0.4, 0.5) is 5.69 Å². The SMILES string of the molecule is O=C1NC(=O)C(C2CC(O)C(CO)O2)C=C1C#CC#Cc1ccc([N+](=O)[O-])cc1. The molecule has 0 bridgehead atoms. The fourth-order valence-corrected chi connectivity index (χ4v) is 2.99. The highest BCUT2D eigenvalue weighted by Crippen LogP contribution is 2.29. The van der Waals surface area contributed by atoms with E-state index in [0.717, 1.165) is 0 Å². The lowest BCUT2D eigenvalue weighted by Gasteiger charge is -2.23. The van der Waals surface area contributed by atoms with Crippen molar-refractivity contribution in [2.75, 3.05) is 6.61 Å². The molecule has 1 saturated heterocycles. The Bertz CT molecular complexity index is 992. The molecule has 9 nitrogen and oxygen atoms in total. The number of amides is 2. The number of aliphatic hydroxyl groups is 2. The van der Waals surface area contributed by atoms with Gasteiger partial charge in [-0.3, -0.25) is 25.0 Å². The number of carbonyl (C=O) groups is 2. The van der Waals surface area contributed by atoms with E-state index in [2.05, 4.69) is 29.0 Å². The maximum Gasteiger partial charge on any atom is 0.269 e. The molecule has 0 radical (unpaired) electrons. The normalized spacial score (nSPS) is 25.8. The standard InChI is InChI=1S/C20H16N2O7/c23-11-18-16(24)10-17(29-18)15-9-13(19(25)21-20(15)26)4-2-1-3-12-5-7-14(8-6-12)22(27)28/h5-9,15-18,23-24H,10-11H2,(H,21,25,26). The van der Waals surface area contributed by atoms with Gasteiger partial charge in [-0.15, -0.1) is 0 Å². The van der Waals surface area contributed by atoms with Crippen LogP contribution in [-0.4, -0.2) is 51.9 Å². The maximum absolute atomic E-state index is 12.1. The highest BCUT2D eigenvalue weighted by atomic mass is 16.6. The van der Waals surface area contributed by atoms with Crippen molar-refractivity contribution in [1.29, 1.82) is 0 Å². The number of non-ortho nitro benzene ring substituents is 1. The van der Waals surface area contributed by atoms with E-state index in [0.29, 0.717) is 5.56 Å². The van der Waals surface area contributed by atoms with Crippen LogP contribution in [0.1, 0.15) is 12.0 Å². The number of hydrogen-bond acceptors (Lipinski definition) is 7. The summed E-state index contributed by atoms with van der Waals surface area (Å²) in [6.07, 6.45) is -0.835. The Kier molecular flexibility index (Phi) is 6.05. The van der Waals surface area contributed by atoms with Crippen molar-refractivity contribution < 1.29 is 29.5 Å². The molecule has 148 valence electrons. The van der Waals surface area contributed by atoms with Crippen LogP contribution in [0, 0.1) is 39.7 Å². The second-order valence-electron chi connectivity index (χ2n) is 6.43. The van der Waals surface area contributed by atoms with E-state index in [4.69, 9.17) is 9.84 Å². The fourth-order valence-electron chi connectivity index (χ4n) is 2.99. The molecule has 0 spiro atoms. The number of nitro groups is 1. The van der Waals surface area contributed by atoms with Gasteiger partial charge in [-0.2, -0.15) is 0 Å². The largest absolute Gasteiger partial charge is 0.394 e. The Hall–Kier alpha value is -3.50. The van der Waals surface area contributed by atoms with E-state index < -0.39 is 41.0 Å². The number of nitro benzene ring substituents is 1. The molecule has 1 aromatic rings. The van der Waals surface area contributed by atoms with Gasteiger partial charge in [-0.1, -0.05) is 5.92 Å². The number of hydrogen-bond donors (Lipinski definition) is 3. The predicted octanol–water partition coefficient (Wildman–Crippen LogP) is -0.341.